The van der Waals surface area contributed by atoms with Gasteiger partial charge in [0.15, 0.2) is 0 Å². The highest BCUT2D eigenvalue weighted by Crippen LogP contribution is 2.44. The van der Waals surface area contributed by atoms with Crippen molar-refractivity contribution in [2.45, 2.75) is 18.8 Å². The Kier molecular flexibility index (Phi) is 7.43. The van der Waals surface area contributed by atoms with Gasteiger partial charge in [-0.15, -0.1) is 0 Å². The molecule has 0 aromatic heterocycles. The van der Waals surface area contributed by atoms with Crippen molar-refractivity contribution >= 4 is 23.9 Å². The van der Waals surface area contributed by atoms with Gasteiger partial charge in [-0.1, -0.05) is 48.5 Å². The molecule has 0 spiro atoms. The Morgan fingerprint density at radius 1 is 0.844 bits per heavy atom. The van der Waals surface area contributed by atoms with Crippen LogP contribution in [0, 0.1) is 0 Å². The van der Waals surface area contributed by atoms with Crippen LogP contribution in [0.5, 0.6) is 0 Å². The summed E-state index contributed by atoms with van der Waals surface area (Å²) in [5, 5.41) is 20.0. The lowest BCUT2D eigenvalue weighted by Gasteiger charge is -2.21. The summed E-state index contributed by atoms with van der Waals surface area (Å²) in [5.41, 5.74) is 4.32. The molecule has 0 saturated heterocycles. The highest BCUT2D eigenvalue weighted by atomic mass is 16.5. The first kappa shape index (κ1) is 22.8. The molecule has 9 heteroatoms. The van der Waals surface area contributed by atoms with Crippen molar-refractivity contribution in [2.75, 3.05) is 26.2 Å². The van der Waals surface area contributed by atoms with Crippen LogP contribution in [-0.4, -0.2) is 65.3 Å². The first-order chi connectivity index (χ1) is 15.4. The van der Waals surface area contributed by atoms with E-state index >= 15 is 0 Å². The molecule has 168 valence electrons. The standard InChI is InChI=1S/C23H24N2O7/c26-20(25(11-9-21(27)28)12-10-22(29)30)13-24-23(31)32-14-19-17-7-3-1-5-15(17)16-6-2-4-8-18(16)19/h1-8,19H,9-14H2,(H,24,31)(H,27,28)(H,29,30). The van der Waals surface area contributed by atoms with Gasteiger partial charge < -0.3 is 25.2 Å². The number of carbonyl (C=O) groups excluding carboxylic acids is 2. The van der Waals surface area contributed by atoms with E-state index in [9.17, 15) is 19.2 Å². The first-order valence-electron chi connectivity index (χ1n) is 10.2. The van der Waals surface area contributed by atoms with Crippen LogP contribution in [0.3, 0.4) is 0 Å². The summed E-state index contributed by atoms with van der Waals surface area (Å²) >= 11 is 0. The monoisotopic (exact) mass is 440 g/mol. The lowest BCUT2D eigenvalue weighted by atomic mass is 9.98. The second-order valence-corrected chi connectivity index (χ2v) is 7.35. The molecule has 2 aromatic carbocycles. The van der Waals surface area contributed by atoms with Gasteiger partial charge in [-0.2, -0.15) is 0 Å². The number of nitrogens with zero attached hydrogens (tertiary/aromatic N) is 1. The summed E-state index contributed by atoms with van der Waals surface area (Å²) in [6.45, 7) is -0.618. The van der Waals surface area contributed by atoms with Gasteiger partial charge in [-0.05, 0) is 22.3 Å². The third-order valence-electron chi connectivity index (χ3n) is 5.27. The topological polar surface area (TPSA) is 133 Å². The minimum atomic E-state index is -1.11. The summed E-state index contributed by atoms with van der Waals surface area (Å²) in [7, 11) is 0. The van der Waals surface area contributed by atoms with Crippen molar-refractivity contribution in [1.82, 2.24) is 10.2 Å². The third-order valence-corrected chi connectivity index (χ3v) is 5.27. The van der Waals surface area contributed by atoms with Crippen LogP contribution < -0.4 is 5.32 Å². The number of hydrogen-bond donors (Lipinski definition) is 3. The molecule has 0 fully saturated rings. The number of carboxylic acid groups (broad SMARTS) is 2. The van der Waals surface area contributed by atoms with Crippen LogP contribution in [-0.2, 0) is 19.1 Å². The van der Waals surface area contributed by atoms with E-state index in [1.54, 1.807) is 0 Å². The summed E-state index contributed by atoms with van der Waals surface area (Å²) < 4.78 is 5.36. The number of carbonyl (C=O) groups is 4. The molecule has 9 nitrogen and oxygen atoms in total. The average Bonchev–Trinajstić information content (AvgIpc) is 3.09. The Labute approximate surface area is 184 Å². The fourth-order valence-corrected chi connectivity index (χ4v) is 3.73. The van der Waals surface area contributed by atoms with Gasteiger partial charge in [0.25, 0.3) is 0 Å². The predicted molar refractivity (Wildman–Crippen MR) is 114 cm³/mol. The summed E-state index contributed by atoms with van der Waals surface area (Å²) in [6.07, 6.45) is -1.43. The average molecular weight is 440 g/mol. The molecule has 3 rings (SSSR count). The predicted octanol–water partition coefficient (Wildman–Crippen LogP) is 2.30. The number of ether oxygens (including phenoxy) is 1. The molecular formula is C23H24N2O7. The second kappa shape index (κ2) is 10.4. The molecule has 0 atom stereocenters. The van der Waals surface area contributed by atoms with E-state index in [4.69, 9.17) is 14.9 Å². The van der Waals surface area contributed by atoms with E-state index in [0.717, 1.165) is 27.2 Å². The first-order valence-corrected chi connectivity index (χ1v) is 10.2. The Morgan fingerprint density at radius 2 is 1.34 bits per heavy atom. The number of rotatable bonds is 10. The quantitative estimate of drug-likeness (QED) is 0.516. The molecular weight excluding hydrogens is 416 g/mol. The van der Waals surface area contributed by atoms with Crippen LogP contribution in [0.15, 0.2) is 48.5 Å². The zero-order chi connectivity index (χ0) is 23.1. The van der Waals surface area contributed by atoms with Crippen LogP contribution >= 0.6 is 0 Å². The number of amides is 2. The molecule has 0 radical (unpaired) electrons. The van der Waals surface area contributed by atoms with Gasteiger partial charge in [0.1, 0.15) is 13.2 Å². The molecule has 2 amide bonds. The normalized spacial score (nSPS) is 11.9. The molecule has 32 heavy (non-hydrogen) atoms. The smallest absolute Gasteiger partial charge is 0.407 e. The maximum atomic E-state index is 12.3. The van der Waals surface area contributed by atoms with Crippen molar-refractivity contribution in [3.63, 3.8) is 0 Å². The fraction of sp³-hybridized carbons (Fsp3) is 0.304. The van der Waals surface area contributed by atoms with E-state index in [-0.39, 0.29) is 38.5 Å². The number of aliphatic carboxylic acids is 2. The van der Waals surface area contributed by atoms with E-state index in [1.165, 1.54) is 0 Å². The van der Waals surface area contributed by atoms with Gasteiger partial charge in [0.05, 0.1) is 12.8 Å². The Morgan fingerprint density at radius 3 is 1.84 bits per heavy atom. The lowest BCUT2D eigenvalue weighted by Crippen LogP contribution is -2.42. The van der Waals surface area contributed by atoms with Gasteiger partial charge in [-0.25, -0.2) is 4.79 Å². The van der Waals surface area contributed by atoms with E-state index in [0.29, 0.717) is 0 Å². The highest BCUT2D eigenvalue weighted by Gasteiger charge is 2.29. The number of alkyl carbamates (subject to hydrolysis) is 1. The molecule has 0 unspecified atom stereocenters. The summed E-state index contributed by atoms with van der Waals surface area (Å²) in [5.74, 6) is -2.92. The van der Waals surface area contributed by atoms with Crippen molar-refractivity contribution < 1.29 is 34.1 Å². The highest BCUT2D eigenvalue weighted by molar-refractivity contribution is 5.83. The van der Waals surface area contributed by atoms with Crippen LogP contribution in [0.2, 0.25) is 0 Å². The van der Waals surface area contributed by atoms with Crippen molar-refractivity contribution in [3.05, 3.63) is 59.7 Å². The van der Waals surface area contributed by atoms with Crippen molar-refractivity contribution in [3.8, 4) is 11.1 Å². The minimum Gasteiger partial charge on any atom is -0.481 e. The third kappa shape index (κ3) is 5.63. The molecule has 0 bridgehead atoms. The zero-order valence-corrected chi connectivity index (χ0v) is 17.3. The van der Waals surface area contributed by atoms with Crippen LogP contribution in [0.25, 0.3) is 11.1 Å². The van der Waals surface area contributed by atoms with Gasteiger partial charge >= 0.3 is 18.0 Å². The molecule has 2 aromatic rings. The van der Waals surface area contributed by atoms with Crippen molar-refractivity contribution in [2.24, 2.45) is 0 Å². The van der Waals surface area contributed by atoms with Gasteiger partial charge in [0.2, 0.25) is 5.91 Å². The molecule has 1 aliphatic carbocycles. The number of benzene rings is 2. The Hall–Kier alpha value is -3.88. The fourth-order valence-electron chi connectivity index (χ4n) is 3.73. The lowest BCUT2D eigenvalue weighted by molar-refractivity contribution is -0.139. The molecule has 0 heterocycles. The Bertz CT molecular complexity index is 957. The number of fused-ring (bicyclic) bond motifs is 3. The van der Waals surface area contributed by atoms with E-state index in [2.05, 4.69) is 5.32 Å². The molecule has 0 aliphatic heterocycles. The van der Waals surface area contributed by atoms with Crippen molar-refractivity contribution in [1.29, 1.82) is 0 Å². The van der Waals surface area contributed by atoms with E-state index in [1.807, 2.05) is 48.5 Å². The van der Waals surface area contributed by atoms with Gasteiger partial charge in [0, 0.05) is 19.0 Å². The van der Waals surface area contributed by atoms with Crippen LogP contribution in [0.4, 0.5) is 4.79 Å². The number of nitrogens with one attached hydrogen (secondary N) is 1. The maximum absolute atomic E-state index is 12.3. The summed E-state index contributed by atoms with van der Waals surface area (Å²) in [4.78, 5) is 47.2. The maximum Gasteiger partial charge on any atom is 0.407 e. The second-order valence-electron chi connectivity index (χ2n) is 7.35. The SMILES string of the molecule is O=C(O)CCN(CCC(=O)O)C(=O)CNC(=O)OCC1c2ccccc2-c2ccccc21. The van der Waals surface area contributed by atoms with Crippen LogP contribution in [0.1, 0.15) is 29.9 Å². The number of carboxylic acids is 2. The molecule has 1 aliphatic rings. The number of hydrogen-bond acceptors (Lipinski definition) is 5. The molecule has 0 saturated carbocycles. The molecule has 3 N–H and O–H groups in total. The van der Waals surface area contributed by atoms with Gasteiger partial charge in [-0.3, -0.25) is 14.4 Å². The minimum absolute atomic E-state index is 0.0930. The zero-order valence-electron chi connectivity index (χ0n) is 17.3. The Balaban J connectivity index is 1.55. The largest absolute Gasteiger partial charge is 0.481 e. The van der Waals surface area contributed by atoms with E-state index < -0.39 is 30.5 Å². The summed E-state index contributed by atoms with van der Waals surface area (Å²) in [6, 6.07) is 15.8.